The number of carbonyl (C=O) groups is 1. The van der Waals surface area contributed by atoms with Crippen molar-refractivity contribution < 1.29 is 4.79 Å². The second-order valence-electron chi connectivity index (χ2n) is 8.60. The van der Waals surface area contributed by atoms with Gasteiger partial charge < -0.3 is 5.32 Å². The maximum absolute atomic E-state index is 12.7. The molecule has 0 fully saturated rings. The van der Waals surface area contributed by atoms with Crippen LogP contribution in [0.15, 0.2) is 53.6 Å². The highest BCUT2D eigenvalue weighted by atomic mass is 16.1. The number of rotatable bonds is 9. The minimum Gasteiger partial charge on any atom is -0.349 e. The predicted molar refractivity (Wildman–Crippen MR) is 126 cm³/mol. The van der Waals surface area contributed by atoms with E-state index in [1.807, 2.05) is 19.1 Å². The van der Waals surface area contributed by atoms with Crippen molar-refractivity contribution in [3.63, 3.8) is 0 Å². The zero-order valence-electron chi connectivity index (χ0n) is 19.0. The molecule has 0 spiro atoms. The van der Waals surface area contributed by atoms with Gasteiger partial charge >= 0.3 is 0 Å². The number of fused-ring (bicyclic) bond motifs is 1. The molecule has 1 amide bonds. The Morgan fingerprint density at radius 1 is 1.13 bits per heavy atom. The third-order valence-electron chi connectivity index (χ3n) is 5.72. The van der Waals surface area contributed by atoms with Crippen LogP contribution in [0, 0.1) is 12.8 Å². The van der Waals surface area contributed by atoms with Crippen molar-refractivity contribution >= 4 is 16.8 Å². The number of carbonyl (C=O) groups excluding carboxylic acids is 1. The molecule has 2 aromatic carbocycles. The van der Waals surface area contributed by atoms with E-state index in [9.17, 15) is 9.59 Å². The minimum absolute atomic E-state index is 0.00831. The molecule has 1 N–H and O–H groups in total. The van der Waals surface area contributed by atoms with Crippen LogP contribution in [0.1, 0.15) is 62.8 Å². The van der Waals surface area contributed by atoms with E-state index >= 15 is 0 Å². The molecular formula is C26H33N3O2. The summed E-state index contributed by atoms with van der Waals surface area (Å²) >= 11 is 0. The molecule has 3 rings (SSSR count). The van der Waals surface area contributed by atoms with Gasteiger partial charge in [-0.3, -0.25) is 14.2 Å². The van der Waals surface area contributed by atoms with Crippen molar-refractivity contribution in [1.29, 1.82) is 0 Å². The van der Waals surface area contributed by atoms with Crippen LogP contribution >= 0.6 is 0 Å². The van der Waals surface area contributed by atoms with Gasteiger partial charge in [0, 0.05) is 13.0 Å². The first-order valence-corrected chi connectivity index (χ1v) is 11.2. The summed E-state index contributed by atoms with van der Waals surface area (Å²) in [5.41, 5.74) is 4.13. The molecule has 0 aliphatic heterocycles. The van der Waals surface area contributed by atoms with Gasteiger partial charge in [-0.25, -0.2) is 4.98 Å². The second-order valence-corrected chi connectivity index (χ2v) is 8.60. The average molecular weight is 420 g/mol. The Balaban J connectivity index is 1.60. The molecule has 164 valence electrons. The lowest BCUT2D eigenvalue weighted by Crippen LogP contribution is -2.32. The van der Waals surface area contributed by atoms with Crippen LogP contribution < -0.4 is 10.9 Å². The number of para-hydroxylation sites is 1. The molecule has 1 heterocycles. The number of benzene rings is 2. The second kappa shape index (κ2) is 10.4. The number of hydrogen-bond acceptors (Lipinski definition) is 3. The molecule has 1 unspecified atom stereocenters. The van der Waals surface area contributed by atoms with Gasteiger partial charge in [0.25, 0.3) is 5.56 Å². The number of nitrogens with one attached hydrogen (secondary N) is 1. The Morgan fingerprint density at radius 3 is 2.55 bits per heavy atom. The zero-order valence-corrected chi connectivity index (χ0v) is 19.0. The van der Waals surface area contributed by atoms with Gasteiger partial charge in [-0.05, 0) is 48.4 Å². The molecule has 5 nitrogen and oxygen atoms in total. The van der Waals surface area contributed by atoms with Crippen molar-refractivity contribution in [2.45, 2.75) is 66.0 Å². The lowest BCUT2D eigenvalue weighted by molar-refractivity contribution is -0.122. The van der Waals surface area contributed by atoms with E-state index in [0.717, 1.165) is 29.5 Å². The maximum atomic E-state index is 12.7. The van der Waals surface area contributed by atoms with Crippen molar-refractivity contribution in [2.75, 3.05) is 0 Å². The molecule has 0 aliphatic rings. The highest BCUT2D eigenvalue weighted by Crippen LogP contribution is 2.22. The molecule has 1 aromatic heterocycles. The molecule has 31 heavy (non-hydrogen) atoms. The standard InChI is InChI=1S/C26H33N3O2/c1-5-8-20-12-14-21(15-13-20)24(18(2)3)28-23(30)11-7-16-29-17-27-25-19(4)9-6-10-22(25)26(29)31/h6,9-10,12-15,17-18,24H,5,7-8,11,16H2,1-4H3,(H,28,30). The van der Waals surface area contributed by atoms with Crippen LogP contribution in [0.4, 0.5) is 0 Å². The van der Waals surface area contributed by atoms with Gasteiger partial charge in [0.2, 0.25) is 5.91 Å². The average Bonchev–Trinajstić information content (AvgIpc) is 2.75. The van der Waals surface area contributed by atoms with E-state index in [0.29, 0.717) is 24.8 Å². The lowest BCUT2D eigenvalue weighted by Gasteiger charge is -2.23. The topological polar surface area (TPSA) is 64.0 Å². The summed E-state index contributed by atoms with van der Waals surface area (Å²) in [6.07, 6.45) is 4.74. The largest absolute Gasteiger partial charge is 0.349 e. The Bertz CT molecular complexity index is 1080. The third-order valence-corrected chi connectivity index (χ3v) is 5.72. The quantitative estimate of drug-likeness (QED) is 0.534. The highest BCUT2D eigenvalue weighted by molar-refractivity contribution is 5.80. The fourth-order valence-corrected chi connectivity index (χ4v) is 3.97. The van der Waals surface area contributed by atoms with E-state index in [4.69, 9.17) is 0 Å². The molecule has 0 radical (unpaired) electrons. The number of amides is 1. The number of aryl methyl sites for hydroxylation is 3. The van der Waals surface area contributed by atoms with Gasteiger partial charge in [-0.15, -0.1) is 0 Å². The van der Waals surface area contributed by atoms with E-state index in [-0.39, 0.29) is 23.4 Å². The molecule has 0 bridgehead atoms. The molecule has 0 saturated carbocycles. The number of aromatic nitrogens is 2. The molecular weight excluding hydrogens is 386 g/mol. The summed E-state index contributed by atoms with van der Waals surface area (Å²) in [6.45, 7) is 8.84. The fourth-order valence-electron chi connectivity index (χ4n) is 3.97. The Morgan fingerprint density at radius 2 is 1.87 bits per heavy atom. The first-order chi connectivity index (χ1) is 14.9. The molecule has 0 saturated heterocycles. The third kappa shape index (κ3) is 5.60. The zero-order chi connectivity index (χ0) is 22.4. The van der Waals surface area contributed by atoms with Gasteiger partial charge in [-0.2, -0.15) is 0 Å². The van der Waals surface area contributed by atoms with Crippen LogP contribution in [-0.2, 0) is 17.8 Å². The summed E-state index contributed by atoms with van der Waals surface area (Å²) in [5.74, 6) is 0.297. The summed E-state index contributed by atoms with van der Waals surface area (Å²) in [7, 11) is 0. The van der Waals surface area contributed by atoms with Gasteiger partial charge in [0.1, 0.15) is 0 Å². The first-order valence-electron chi connectivity index (χ1n) is 11.2. The number of hydrogen-bond donors (Lipinski definition) is 1. The first kappa shape index (κ1) is 22.7. The Hall–Kier alpha value is -2.95. The predicted octanol–water partition coefficient (Wildman–Crippen LogP) is 4.95. The highest BCUT2D eigenvalue weighted by Gasteiger charge is 2.18. The summed E-state index contributed by atoms with van der Waals surface area (Å²) in [5, 5.41) is 3.80. The normalized spacial score (nSPS) is 12.3. The summed E-state index contributed by atoms with van der Waals surface area (Å²) in [4.78, 5) is 29.8. The Kier molecular flexibility index (Phi) is 7.61. The maximum Gasteiger partial charge on any atom is 0.261 e. The van der Waals surface area contributed by atoms with Crippen molar-refractivity contribution in [2.24, 2.45) is 5.92 Å². The van der Waals surface area contributed by atoms with Crippen LogP contribution in [0.25, 0.3) is 10.9 Å². The van der Waals surface area contributed by atoms with Gasteiger partial charge in [0.15, 0.2) is 0 Å². The van der Waals surface area contributed by atoms with Crippen LogP contribution in [0.3, 0.4) is 0 Å². The van der Waals surface area contributed by atoms with Crippen LogP contribution in [-0.4, -0.2) is 15.5 Å². The number of nitrogens with zero attached hydrogens (tertiary/aromatic N) is 2. The van der Waals surface area contributed by atoms with E-state index in [2.05, 4.69) is 55.3 Å². The fraction of sp³-hybridized carbons (Fsp3) is 0.423. The summed E-state index contributed by atoms with van der Waals surface area (Å²) < 4.78 is 1.60. The SMILES string of the molecule is CCCc1ccc(C(NC(=O)CCCn2cnc3c(C)cccc3c2=O)C(C)C)cc1. The van der Waals surface area contributed by atoms with Gasteiger partial charge in [0.05, 0.1) is 23.3 Å². The molecule has 5 heteroatoms. The van der Waals surface area contributed by atoms with Crippen molar-refractivity contribution in [3.8, 4) is 0 Å². The van der Waals surface area contributed by atoms with Crippen molar-refractivity contribution in [3.05, 3.63) is 75.8 Å². The smallest absolute Gasteiger partial charge is 0.261 e. The van der Waals surface area contributed by atoms with Crippen LogP contribution in [0.5, 0.6) is 0 Å². The monoisotopic (exact) mass is 419 g/mol. The van der Waals surface area contributed by atoms with E-state index in [1.54, 1.807) is 17.0 Å². The molecule has 1 atom stereocenters. The van der Waals surface area contributed by atoms with E-state index < -0.39 is 0 Å². The molecule has 3 aromatic rings. The lowest BCUT2D eigenvalue weighted by atomic mass is 9.94. The summed E-state index contributed by atoms with van der Waals surface area (Å²) in [6, 6.07) is 14.2. The Labute approximate surface area is 184 Å². The van der Waals surface area contributed by atoms with Crippen LogP contribution in [0.2, 0.25) is 0 Å². The van der Waals surface area contributed by atoms with Crippen molar-refractivity contribution in [1.82, 2.24) is 14.9 Å². The van der Waals surface area contributed by atoms with E-state index in [1.165, 1.54) is 5.56 Å². The minimum atomic E-state index is -0.0543. The van der Waals surface area contributed by atoms with Gasteiger partial charge in [-0.1, -0.05) is 63.6 Å². The molecule has 0 aliphatic carbocycles.